The molecule has 0 aromatic rings. The second-order valence-electron chi connectivity index (χ2n) is 5.06. The van der Waals surface area contributed by atoms with E-state index in [-0.39, 0.29) is 6.42 Å². The molecule has 0 radical (unpaired) electrons. The number of carbonyl (C=O) groups is 3. The van der Waals surface area contributed by atoms with E-state index < -0.39 is 35.4 Å². The van der Waals surface area contributed by atoms with Crippen LogP contribution in [0.15, 0.2) is 0 Å². The Morgan fingerprint density at radius 2 is 1.70 bits per heavy atom. The van der Waals surface area contributed by atoms with Gasteiger partial charge in [-0.25, -0.2) is 0 Å². The highest BCUT2D eigenvalue weighted by atomic mass is 16.5. The molecular weight excluding hydrogens is 266 g/mol. The zero-order valence-corrected chi connectivity index (χ0v) is 11.9. The quantitative estimate of drug-likeness (QED) is 0.521. The van der Waals surface area contributed by atoms with Crippen LogP contribution < -0.4 is 0 Å². The molecule has 3 atom stereocenters. The van der Waals surface area contributed by atoms with Crippen LogP contribution in [0.4, 0.5) is 0 Å². The molecule has 0 spiro atoms. The molecule has 2 saturated heterocycles. The normalized spacial score (nSPS) is 32.5. The monoisotopic (exact) mass is 285 g/mol. The number of ether oxygens (including phenoxy) is 3. The summed E-state index contributed by atoms with van der Waals surface area (Å²) in [5.74, 6) is -2.12. The van der Waals surface area contributed by atoms with Gasteiger partial charge in [0.2, 0.25) is 0 Å². The first-order chi connectivity index (χ1) is 9.52. The highest BCUT2D eigenvalue weighted by Gasteiger charge is 2.65. The summed E-state index contributed by atoms with van der Waals surface area (Å²) in [4.78, 5) is 38.0. The van der Waals surface area contributed by atoms with Crippen molar-refractivity contribution in [2.45, 2.75) is 30.8 Å². The third kappa shape index (κ3) is 1.88. The van der Waals surface area contributed by atoms with E-state index >= 15 is 0 Å². The van der Waals surface area contributed by atoms with Crippen LogP contribution in [0.3, 0.4) is 0 Å². The first-order valence-corrected chi connectivity index (χ1v) is 6.53. The Kier molecular flexibility index (Phi) is 3.99. The zero-order chi connectivity index (χ0) is 14.9. The Morgan fingerprint density at radius 1 is 1.05 bits per heavy atom. The van der Waals surface area contributed by atoms with Crippen molar-refractivity contribution in [2.75, 3.05) is 27.9 Å². The van der Waals surface area contributed by atoms with Gasteiger partial charge in [-0.3, -0.25) is 19.3 Å². The van der Waals surface area contributed by atoms with Gasteiger partial charge in [0.25, 0.3) is 0 Å². The first-order valence-electron chi connectivity index (χ1n) is 6.53. The summed E-state index contributed by atoms with van der Waals surface area (Å²) in [6.45, 7) is 0.558. The van der Waals surface area contributed by atoms with Crippen LogP contribution >= 0.6 is 0 Å². The molecule has 0 aliphatic carbocycles. The van der Waals surface area contributed by atoms with E-state index in [1.807, 2.05) is 0 Å². The molecule has 20 heavy (non-hydrogen) atoms. The summed E-state index contributed by atoms with van der Waals surface area (Å²) < 4.78 is 14.5. The standard InChI is InChI=1S/C13H19NO6/c1-18-10(15)8-7-9(11(16)19-2)14-6-4-5-13(8,14)12(17)20-3/h8-9H,4-7H2,1-3H3/t8-,9+,13+/m0/s1. The van der Waals surface area contributed by atoms with Gasteiger partial charge in [0.15, 0.2) is 0 Å². The van der Waals surface area contributed by atoms with Crippen LogP contribution in [-0.4, -0.2) is 62.3 Å². The molecule has 0 aromatic heterocycles. The van der Waals surface area contributed by atoms with Crippen LogP contribution in [0.25, 0.3) is 0 Å². The molecule has 112 valence electrons. The van der Waals surface area contributed by atoms with Gasteiger partial charge in [-0.1, -0.05) is 0 Å². The van der Waals surface area contributed by atoms with Crippen LogP contribution in [0.2, 0.25) is 0 Å². The number of hydrogen-bond donors (Lipinski definition) is 0. The first kappa shape index (κ1) is 14.8. The van der Waals surface area contributed by atoms with E-state index in [4.69, 9.17) is 14.2 Å². The molecule has 2 heterocycles. The average molecular weight is 285 g/mol. The van der Waals surface area contributed by atoms with Gasteiger partial charge in [0.1, 0.15) is 11.6 Å². The fraction of sp³-hybridized carbons (Fsp3) is 0.769. The van der Waals surface area contributed by atoms with Crippen molar-refractivity contribution in [3.63, 3.8) is 0 Å². The Hall–Kier alpha value is -1.63. The molecule has 2 fully saturated rings. The van der Waals surface area contributed by atoms with Crippen LogP contribution in [0, 0.1) is 5.92 Å². The lowest BCUT2D eigenvalue weighted by molar-refractivity contribution is -0.164. The highest BCUT2D eigenvalue weighted by molar-refractivity contribution is 5.92. The molecule has 2 aliphatic rings. The number of hydrogen-bond acceptors (Lipinski definition) is 7. The predicted molar refractivity (Wildman–Crippen MR) is 66.6 cm³/mol. The fourth-order valence-corrected chi connectivity index (χ4v) is 3.55. The second-order valence-corrected chi connectivity index (χ2v) is 5.06. The van der Waals surface area contributed by atoms with Gasteiger partial charge in [-0.05, 0) is 19.3 Å². The summed E-state index contributed by atoms with van der Waals surface area (Å²) in [6, 6.07) is -0.606. The van der Waals surface area contributed by atoms with Crippen molar-refractivity contribution in [1.82, 2.24) is 4.90 Å². The van der Waals surface area contributed by atoms with Crippen molar-refractivity contribution in [2.24, 2.45) is 5.92 Å². The number of methoxy groups -OCH3 is 3. The zero-order valence-electron chi connectivity index (χ0n) is 11.9. The van der Waals surface area contributed by atoms with Crippen LogP contribution in [0.1, 0.15) is 19.3 Å². The van der Waals surface area contributed by atoms with E-state index in [0.717, 1.165) is 6.42 Å². The third-order valence-corrected chi connectivity index (χ3v) is 4.38. The van der Waals surface area contributed by atoms with Gasteiger partial charge < -0.3 is 14.2 Å². The Balaban J connectivity index is 2.43. The SMILES string of the molecule is COC(=O)[C@H]1C[C@@H](C(=O)OC)[C@@]2(C(=O)OC)CCCN12. The predicted octanol–water partition coefficient (Wildman–Crippen LogP) is -0.271. The van der Waals surface area contributed by atoms with Crippen molar-refractivity contribution in [3.8, 4) is 0 Å². The third-order valence-electron chi connectivity index (χ3n) is 4.38. The number of fused-ring (bicyclic) bond motifs is 1. The maximum atomic E-state index is 12.3. The Bertz CT molecular complexity index is 437. The van der Waals surface area contributed by atoms with E-state index in [0.29, 0.717) is 13.0 Å². The van der Waals surface area contributed by atoms with E-state index in [9.17, 15) is 14.4 Å². The largest absolute Gasteiger partial charge is 0.469 e. The second kappa shape index (κ2) is 5.40. The number of esters is 3. The summed E-state index contributed by atoms with van der Waals surface area (Å²) in [6.07, 6.45) is 1.41. The molecule has 0 aromatic carbocycles. The van der Waals surface area contributed by atoms with Crippen molar-refractivity contribution in [1.29, 1.82) is 0 Å². The number of carbonyl (C=O) groups excluding carboxylic acids is 3. The van der Waals surface area contributed by atoms with Gasteiger partial charge in [0.05, 0.1) is 27.2 Å². The van der Waals surface area contributed by atoms with E-state index in [1.165, 1.54) is 21.3 Å². The summed E-state index contributed by atoms with van der Waals surface area (Å²) in [5, 5.41) is 0. The Morgan fingerprint density at radius 3 is 2.25 bits per heavy atom. The van der Waals surface area contributed by atoms with Crippen LogP contribution in [-0.2, 0) is 28.6 Å². The molecular formula is C13H19NO6. The summed E-state index contributed by atoms with van der Waals surface area (Å²) in [7, 11) is 3.86. The minimum atomic E-state index is -1.10. The van der Waals surface area contributed by atoms with Crippen molar-refractivity contribution >= 4 is 17.9 Å². The topological polar surface area (TPSA) is 82.1 Å². The molecule has 0 amide bonds. The molecule has 0 bridgehead atoms. The number of nitrogens with zero attached hydrogens (tertiary/aromatic N) is 1. The summed E-state index contributed by atoms with van der Waals surface area (Å²) in [5.41, 5.74) is -1.10. The van der Waals surface area contributed by atoms with Gasteiger partial charge in [0, 0.05) is 6.54 Å². The van der Waals surface area contributed by atoms with Crippen molar-refractivity contribution in [3.05, 3.63) is 0 Å². The van der Waals surface area contributed by atoms with Gasteiger partial charge in [-0.2, -0.15) is 0 Å². The fourth-order valence-electron chi connectivity index (χ4n) is 3.55. The maximum absolute atomic E-state index is 12.3. The minimum absolute atomic E-state index is 0.217. The van der Waals surface area contributed by atoms with Crippen molar-refractivity contribution < 1.29 is 28.6 Å². The van der Waals surface area contributed by atoms with E-state index in [1.54, 1.807) is 4.90 Å². The lowest BCUT2D eigenvalue weighted by atomic mass is 9.83. The molecule has 0 saturated carbocycles. The highest BCUT2D eigenvalue weighted by Crippen LogP contribution is 2.48. The molecule has 2 aliphatic heterocycles. The van der Waals surface area contributed by atoms with Gasteiger partial charge >= 0.3 is 17.9 Å². The number of rotatable bonds is 3. The maximum Gasteiger partial charge on any atom is 0.327 e. The lowest BCUT2D eigenvalue weighted by Crippen LogP contribution is -2.55. The molecule has 0 unspecified atom stereocenters. The average Bonchev–Trinajstić information content (AvgIpc) is 3.02. The summed E-state index contributed by atoms with van der Waals surface area (Å²) >= 11 is 0. The molecule has 2 rings (SSSR count). The molecule has 7 nitrogen and oxygen atoms in total. The molecule has 7 heteroatoms. The lowest BCUT2D eigenvalue weighted by Gasteiger charge is -2.33. The van der Waals surface area contributed by atoms with Gasteiger partial charge in [-0.15, -0.1) is 0 Å². The smallest absolute Gasteiger partial charge is 0.327 e. The molecule has 0 N–H and O–H groups in total. The van der Waals surface area contributed by atoms with Crippen LogP contribution in [0.5, 0.6) is 0 Å². The minimum Gasteiger partial charge on any atom is -0.469 e. The Labute approximate surface area is 117 Å². The van der Waals surface area contributed by atoms with E-state index in [2.05, 4.69) is 0 Å².